The van der Waals surface area contributed by atoms with Crippen LogP contribution in [0.15, 0.2) is 0 Å². The molecule has 2 atom stereocenters. The van der Waals surface area contributed by atoms with Crippen molar-refractivity contribution in [1.82, 2.24) is 0 Å². The lowest BCUT2D eigenvalue weighted by atomic mass is 10.1. The van der Waals surface area contributed by atoms with E-state index >= 15 is 0 Å². The van der Waals surface area contributed by atoms with Gasteiger partial charge in [0.15, 0.2) is 0 Å². The second kappa shape index (κ2) is 4.98. The molecule has 0 unspecified atom stereocenters. The summed E-state index contributed by atoms with van der Waals surface area (Å²) in [4.78, 5) is 21.2. The minimum Gasteiger partial charge on any atom is -0.466 e. The predicted molar refractivity (Wildman–Crippen MR) is 49.5 cm³/mol. The van der Waals surface area contributed by atoms with Crippen molar-refractivity contribution in [2.75, 3.05) is 6.61 Å². The molecule has 4 heteroatoms. The van der Waals surface area contributed by atoms with E-state index in [1.54, 1.807) is 0 Å². The summed E-state index contributed by atoms with van der Waals surface area (Å²) >= 11 is 0. The first-order chi connectivity index (χ1) is 6.58. The lowest BCUT2D eigenvalue weighted by molar-refractivity contribution is -0.147. The first kappa shape index (κ1) is 11.0. The summed E-state index contributed by atoms with van der Waals surface area (Å²) in [5, 5.41) is 0. The van der Waals surface area contributed by atoms with Gasteiger partial charge in [0.05, 0.1) is 6.61 Å². The van der Waals surface area contributed by atoms with Crippen LogP contribution in [-0.4, -0.2) is 24.6 Å². The van der Waals surface area contributed by atoms with Gasteiger partial charge in [-0.25, -0.2) is 0 Å². The fourth-order valence-corrected chi connectivity index (χ4v) is 1.76. The van der Waals surface area contributed by atoms with Crippen molar-refractivity contribution >= 4 is 11.9 Å². The normalized spacial score (nSPS) is 25.9. The number of carbonyl (C=O) groups is 2. The van der Waals surface area contributed by atoms with E-state index in [0.717, 1.165) is 19.3 Å². The van der Waals surface area contributed by atoms with Crippen LogP contribution in [0.5, 0.6) is 0 Å². The summed E-state index contributed by atoms with van der Waals surface area (Å²) in [5.74, 6) is -0.132. The van der Waals surface area contributed by atoms with E-state index < -0.39 is 0 Å². The van der Waals surface area contributed by atoms with E-state index in [2.05, 4.69) is 0 Å². The van der Waals surface area contributed by atoms with Gasteiger partial charge in [-0.05, 0) is 25.2 Å². The topological polar surface area (TPSA) is 52.6 Å². The number of carbonyl (C=O) groups excluding carboxylic acids is 2. The highest BCUT2D eigenvalue weighted by atomic mass is 16.5. The molecule has 0 aromatic rings. The van der Waals surface area contributed by atoms with Crippen LogP contribution in [0.25, 0.3) is 0 Å². The van der Waals surface area contributed by atoms with Gasteiger partial charge in [0, 0.05) is 13.8 Å². The first-order valence-electron chi connectivity index (χ1n) is 4.88. The van der Waals surface area contributed by atoms with E-state index in [4.69, 9.17) is 9.47 Å². The average molecular weight is 200 g/mol. The van der Waals surface area contributed by atoms with Gasteiger partial charge in [-0.3, -0.25) is 9.59 Å². The third-order valence-electron chi connectivity index (χ3n) is 2.35. The highest BCUT2D eigenvalue weighted by molar-refractivity contribution is 5.66. The van der Waals surface area contributed by atoms with E-state index in [-0.39, 0.29) is 18.0 Å². The fraction of sp³-hybridized carbons (Fsp3) is 0.800. The summed E-state index contributed by atoms with van der Waals surface area (Å²) in [5.41, 5.74) is 0. The largest absolute Gasteiger partial charge is 0.466 e. The van der Waals surface area contributed by atoms with Gasteiger partial charge in [0.25, 0.3) is 0 Å². The third-order valence-corrected chi connectivity index (χ3v) is 2.35. The van der Waals surface area contributed by atoms with Gasteiger partial charge in [0.1, 0.15) is 6.10 Å². The SMILES string of the molecule is CC(=O)OC[C@@H]1CC[C@H](OC(C)=O)C1. The zero-order valence-electron chi connectivity index (χ0n) is 8.62. The minimum absolute atomic E-state index is 0.0214. The molecule has 0 bridgehead atoms. The Morgan fingerprint density at radius 3 is 2.50 bits per heavy atom. The summed E-state index contributed by atoms with van der Waals surface area (Å²) in [6.07, 6.45) is 2.68. The maximum Gasteiger partial charge on any atom is 0.302 e. The first-order valence-corrected chi connectivity index (χ1v) is 4.88. The molecule has 0 N–H and O–H groups in total. The molecule has 0 amide bonds. The van der Waals surface area contributed by atoms with Gasteiger partial charge in [0.2, 0.25) is 0 Å². The van der Waals surface area contributed by atoms with E-state index in [1.807, 2.05) is 0 Å². The van der Waals surface area contributed by atoms with Gasteiger partial charge in [-0.2, -0.15) is 0 Å². The van der Waals surface area contributed by atoms with Crippen molar-refractivity contribution < 1.29 is 19.1 Å². The van der Waals surface area contributed by atoms with E-state index in [0.29, 0.717) is 12.5 Å². The molecule has 0 aromatic heterocycles. The molecule has 0 heterocycles. The maximum atomic E-state index is 10.7. The Balaban J connectivity index is 2.20. The van der Waals surface area contributed by atoms with Crippen LogP contribution >= 0.6 is 0 Å². The number of hydrogen-bond acceptors (Lipinski definition) is 4. The molecule has 1 saturated carbocycles. The van der Waals surface area contributed by atoms with E-state index in [1.165, 1.54) is 13.8 Å². The molecule has 1 aliphatic carbocycles. The van der Waals surface area contributed by atoms with Crippen LogP contribution in [0.2, 0.25) is 0 Å². The molecule has 4 nitrogen and oxygen atoms in total. The van der Waals surface area contributed by atoms with Gasteiger partial charge in [-0.1, -0.05) is 0 Å². The molecule has 1 aliphatic rings. The summed E-state index contributed by atoms with van der Waals surface area (Å²) in [6.45, 7) is 3.27. The maximum absolute atomic E-state index is 10.7. The number of ether oxygens (including phenoxy) is 2. The van der Waals surface area contributed by atoms with Crippen molar-refractivity contribution in [2.24, 2.45) is 5.92 Å². The number of esters is 2. The molecule has 1 rings (SSSR count). The third kappa shape index (κ3) is 3.77. The Hall–Kier alpha value is -1.06. The summed E-state index contributed by atoms with van der Waals surface area (Å²) in [7, 11) is 0. The van der Waals surface area contributed by atoms with Crippen LogP contribution in [0.3, 0.4) is 0 Å². The van der Waals surface area contributed by atoms with Crippen molar-refractivity contribution in [3.05, 3.63) is 0 Å². The Morgan fingerprint density at radius 1 is 1.21 bits per heavy atom. The molecule has 14 heavy (non-hydrogen) atoms. The molecule has 80 valence electrons. The molecule has 0 aromatic carbocycles. The van der Waals surface area contributed by atoms with Gasteiger partial charge < -0.3 is 9.47 Å². The van der Waals surface area contributed by atoms with Gasteiger partial charge in [-0.15, -0.1) is 0 Å². The van der Waals surface area contributed by atoms with Crippen molar-refractivity contribution in [2.45, 2.75) is 39.2 Å². The fourth-order valence-electron chi connectivity index (χ4n) is 1.76. The van der Waals surface area contributed by atoms with Crippen LogP contribution in [0.4, 0.5) is 0 Å². The Labute approximate surface area is 83.6 Å². The smallest absolute Gasteiger partial charge is 0.302 e. The molecular formula is C10H16O4. The lowest BCUT2D eigenvalue weighted by Gasteiger charge is -2.11. The number of rotatable bonds is 3. The molecular weight excluding hydrogens is 184 g/mol. The molecule has 1 fully saturated rings. The zero-order chi connectivity index (χ0) is 10.6. The molecule has 0 saturated heterocycles. The Bertz CT molecular complexity index is 224. The second-order valence-corrected chi connectivity index (χ2v) is 3.71. The Morgan fingerprint density at radius 2 is 1.93 bits per heavy atom. The monoisotopic (exact) mass is 200 g/mol. The van der Waals surface area contributed by atoms with Crippen molar-refractivity contribution in [1.29, 1.82) is 0 Å². The quantitative estimate of drug-likeness (QED) is 0.644. The minimum atomic E-state index is -0.249. The van der Waals surface area contributed by atoms with Crippen LogP contribution in [-0.2, 0) is 19.1 Å². The second-order valence-electron chi connectivity index (χ2n) is 3.71. The van der Waals surface area contributed by atoms with Crippen LogP contribution < -0.4 is 0 Å². The van der Waals surface area contributed by atoms with E-state index in [9.17, 15) is 9.59 Å². The standard InChI is InChI=1S/C10H16O4/c1-7(11)13-6-9-3-4-10(5-9)14-8(2)12/h9-10H,3-6H2,1-2H3/t9-,10+/m1/s1. The highest BCUT2D eigenvalue weighted by Gasteiger charge is 2.27. The van der Waals surface area contributed by atoms with Crippen molar-refractivity contribution in [3.63, 3.8) is 0 Å². The predicted octanol–water partition coefficient (Wildman–Crippen LogP) is 1.28. The zero-order valence-corrected chi connectivity index (χ0v) is 8.62. The van der Waals surface area contributed by atoms with Gasteiger partial charge >= 0.3 is 11.9 Å². The number of hydrogen-bond donors (Lipinski definition) is 0. The molecule has 0 radical (unpaired) electrons. The van der Waals surface area contributed by atoms with Crippen LogP contribution in [0, 0.1) is 5.92 Å². The van der Waals surface area contributed by atoms with Crippen LogP contribution in [0.1, 0.15) is 33.1 Å². The average Bonchev–Trinajstić information content (AvgIpc) is 2.47. The molecule has 0 spiro atoms. The molecule has 0 aliphatic heterocycles. The Kier molecular flexibility index (Phi) is 3.92. The lowest BCUT2D eigenvalue weighted by Crippen LogP contribution is -2.14. The summed E-state index contributed by atoms with van der Waals surface area (Å²) in [6, 6.07) is 0. The summed E-state index contributed by atoms with van der Waals surface area (Å²) < 4.78 is 9.97. The highest BCUT2D eigenvalue weighted by Crippen LogP contribution is 2.28. The van der Waals surface area contributed by atoms with Crippen molar-refractivity contribution in [3.8, 4) is 0 Å².